The number of pyridine rings is 2. The smallest absolute Gasteiger partial charge is 0.328 e. The van der Waals surface area contributed by atoms with Gasteiger partial charge >= 0.3 is 5.69 Å². The van der Waals surface area contributed by atoms with Crippen molar-refractivity contribution < 1.29 is 5.11 Å². The molecule has 2 N–H and O–H groups in total. The van der Waals surface area contributed by atoms with Gasteiger partial charge in [-0.05, 0) is 36.2 Å². The lowest BCUT2D eigenvalue weighted by Gasteiger charge is -2.06. The zero-order chi connectivity index (χ0) is 17.7. The number of aromatic hydroxyl groups is 1. The quantitative estimate of drug-likeness (QED) is 0.598. The number of H-pyrrole nitrogens is 1. The SMILES string of the molecule is O=c1[nH]cc(O)n1[C@H]1C[C@@H]1c1ccc(-c2ccc3ncccc3c2)nc1. The third-order valence-electron chi connectivity index (χ3n) is 4.99. The Kier molecular flexibility index (Phi) is 3.18. The topological polar surface area (TPSA) is 83.8 Å². The predicted octanol–water partition coefficient (Wildman–Crippen LogP) is 3.22. The maximum Gasteiger partial charge on any atom is 0.328 e. The number of benzene rings is 1. The first-order valence-electron chi connectivity index (χ1n) is 8.51. The van der Waals surface area contributed by atoms with E-state index in [1.165, 1.54) is 10.8 Å². The number of nitrogens with one attached hydrogen (secondary N) is 1. The molecule has 0 saturated heterocycles. The number of nitrogens with zero attached hydrogens (tertiary/aromatic N) is 3. The number of hydrogen-bond donors (Lipinski definition) is 2. The van der Waals surface area contributed by atoms with E-state index in [2.05, 4.69) is 27.1 Å². The van der Waals surface area contributed by atoms with E-state index in [1.807, 2.05) is 36.5 Å². The molecule has 1 saturated carbocycles. The molecule has 4 aromatic rings. The molecule has 1 aromatic carbocycles. The Morgan fingerprint density at radius 1 is 1.15 bits per heavy atom. The molecule has 0 aliphatic heterocycles. The number of imidazole rings is 1. The fourth-order valence-corrected chi connectivity index (χ4v) is 3.55. The number of aromatic nitrogens is 4. The molecule has 0 unspecified atom stereocenters. The van der Waals surface area contributed by atoms with Crippen molar-refractivity contribution in [2.45, 2.75) is 18.4 Å². The second-order valence-corrected chi connectivity index (χ2v) is 6.62. The zero-order valence-electron chi connectivity index (χ0n) is 13.8. The van der Waals surface area contributed by atoms with Crippen LogP contribution in [-0.2, 0) is 0 Å². The third kappa shape index (κ3) is 2.38. The second-order valence-electron chi connectivity index (χ2n) is 6.62. The van der Waals surface area contributed by atoms with Crippen molar-refractivity contribution in [1.29, 1.82) is 0 Å². The summed E-state index contributed by atoms with van der Waals surface area (Å²) in [7, 11) is 0. The summed E-state index contributed by atoms with van der Waals surface area (Å²) in [5.74, 6) is 0.189. The molecule has 128 valence electrons. The molecule has 0 radical (unpaired) electrons. The van der Waals surface area contributed by atoms with Crippen molar-refractivity contribution in [3.8, 4) is 17.1 Å². The minimum atomic E-state index is -0.274. The van der Waals surface area contributed by atoms with E-state index in [4.69, 9.17) is 0 Å². The van der Waals surface area contributed by atoms with Crippen molar-refractivity contribution in [2.75, 3.05) is 0 Å². The summed E-state index contributed by atoms with van der Waals surface area (Å²) in [5.41, 5.74) is 3.71. The van der Waals surface area contributed by atoms with Crippen molar-refractivity contribution in [3.05, 3.63) is 77.1 Å². The number of hydrogen-bond acceptors (Lipinski definition) is 4. The Labute approximate surface area is 148 Å². The van der Waals surface area contributed by atoms with Gasteiger partial charge < -0.3 is 10.1 Å². The molecular formula is C20H16N4O2. The number of rotatable bonds is 3. The van der Waals surface area contributed by atoms with Crippen LogP contribution in [0.1, 0.15) is 23.9 Å². The summed E-state index contributed by atoms with van der Waals surface area (Å²) in [4.78, 5) is 23.2. The van der Waals surface area contributed by atoms with Crippen LogP contribution in [-0.4, -0.2) is 24.6 Å². The molecule has 5 rings (SSSR count). The summed E-state index contributed by atoms with van der Waals surface area (Å²) >= 11 is 0. The van der Waals surface area contributed by atoms with Crippen molar-refractivity contribution in [3.63, 3.8) is 0 Å². The Balaban J connectivity index is 1.42. The number of fused-ring (bicyclic) bond motifs is 1. The summed E-state index contributed by atoms with van der Waals surface area (Å²) < 4.78 is 1.41. The summed E-state index contributed by atoms with van der Waals surface area (Å²) in [5, 5.41) is 10.9. The minimum Gasteiger partial charge on any atom is -0.493 e. The Morgan fingerprint density at radius 3 is 2.85 bits per heavy atom. The highest BCUT2D eigenvalue weighted by molar-refractivity contribution is 5.83. The molecule has 3 aromatic heterocycles. The van der Waals surface area contributed by atoms with E-state index >= 15 is 0 Å². The van der Waals surface area contributed by atoms with Gasteiger partial charge in [-0.2, -0.15) is 0 Å². The largest absolute Gasteiger partial charge is 0.493 e. The molecule has 0 bridgehead atoms. The molecular weight excluding hydrogens is 328 g/mol. The van der Waals surface area contributed by atoms with Gasteiger partial charge in [-0.15, -0.1) is 0 Å². The molecule has 1 fully saturated rings. The van der Waals surface area contributed by atoms with Crippen LogP contribution in [0.2, 0.25) is 0 Å². The Morgan fingerprint density at radius 2 is 2.08 bits per heavy atom. The highest BCUT2D eigenvalue weighted by Crippen LogP contribution is 2.51. The Bertz CT molecular complexity index is 1160. The highest BCUT2D eigenvalue weighted by Gasteiger charge is 2.42. The second kappa shape index (κ2) is 5.56. The summed E-state index contributed by atoms with van der Waals surface area (Å²) in [6, 6.07) is 14.1. The number of aromatic amines is 1. The molecule has 26 heavy (non-hydrogen) atoms. The van der Waals surface area contributed by atoms with Gasteiger partial charge in [0.15, 0.2) is 0 Å². The van der Waals surface area contributed by atoms with E-state index in [-0.39, 0.29) is 23.5 Å². The lowest BCUT2D eigenvalue weighted by atomic mass is 10.1. The van der Waals surface area contributed by atoms with Crippen LogP contribution in [0.5, 0.6) is 5.88 Å². The normalized spacial score (nSPS) is 18.9. The monoisotopic (exact) mass is 344 g/mol. The third-order valence-corrected chi connectivity index (χ3v) is 4.99. The molecule has 3 heterocycles. The van der Waals surface area contributed by atoms with Gasteiger partial charge in [0.2, 0.25) is 5.88 Å². The summed E-state index contributed by atoms with van der Waals surface area (Å²) in [6.45, 7) is 0. The van der Waals surface area contributed by atoms with E-state index in [0.717, 1.165) is 34.1 Å². The molecule has 0 amide bonds. The van der Waals surface area contributed by atoms with E-state index in [9.17, 15) is 9.90 Å². The van der Waals surface area contributed by atoms with Crippen molar-refractivity contribution >= 4 is 10.9 Å². The van der Waals surface area contributed by atoms with Crippen LogP contribution in [0.15, 0.2) is 65.8 Å². The first-order valence-corrected chi connectivity index (χ1v) is 8.51. The van der Waals surface area contributed by atoms with Crippen LogP contribution >= 0.6 is 0 Å². The van der Waals surface area contributed by atoms with Crippen molar-refractivity contribution in [2.24, 2.45) is 0 Å². The molecule has 2 atom stereocenters. The van der Waals surface area contributed by atoms with Gasteiger partial charge in [0.25, 0.3) is 0 Å². The molecule has 6 heteroatoms. The fraction of sp³-hybridized carbons (Fsp3) is 0.150. The maximum absolute atomic E-state index is 11.8. The Hall–Kier alpha value is -3.41. The standard InChI is InChI=1S/C20H16N4O2/c25-19-11-23-20(26)24(19)18-9-15(18)14-4-6-17(22-10-14)13-3-5-16-12(8-13)2-1-7-21-16/h1-8,10-11,15,18,25H,9H2,(H,23,26)/t15-,18+/m1/s1. The van der Waals surface area contributed by atoms with Crippen LogP contribution in [0.3, 0.4) is 0 Å². The molecule has 1 aliphatic carbocycles. The van der Waals surface area contributed by atoms with Crippen LogP contribution in [0.4, 0.5) is 0 Å². The molecule has 0 spiro atoms. The lowest BCUT2D eigenvalue weighted by Crippen LogP contribution is -2.15. The highest BCUT2D eigenvalue weighted by atomic mass is 16.3. The van der Waals surface area contributed by atoms with Crippen LogP contribution < -0.4 is 5.69 Å². The fourth-order valence-electron chi connectivity index (χ4n) is 3.55. The lowest BCUT2D eigenvalue weighted by molar-refractivity contribution is 0.413. The van der Waals surface area contributed by atoms with Crippen LogP contribution in [0, 0.1) is 0 Å². The molecule has 6 nitrogen and oxygen atoms in total. The van der Waals surface area contributed by atoms with Gasteiger partial charge in [0.05, 0.1) is 17.4 Å². The van der Waals surface area contributed by atoms with E-state index < -0.39 is 0 Å². The minimum absolute atomic E-state index is 0.00635. The van der Waals surface area contributed by atoms with Gasteiger partial charge in [0.1, 0.15) is 0 Å². The van der Waals surface area contributed by atoms with Gasteiger partial charge in [-0.25, -0.2) is 4.79 Å². The van der Waals surface area contributed by atoms with Crippen LogP contribution in [0.25, 0.3) is 22.2 Å². The van der Waals surface area contributed by atoms with Gasteiger partial charge in [-0.1, -0.05) is 18.2 Å². The first kappa shape index (κ1) is 14.9. The van der Waals surface area contributed by atoms with Crippen molar-refractivity contribution in [1.82, 2.24) is 19.5 Å². The van der Waals surface area contributed by atoms with Gasteiger partial charge in [0, 0.05) is 35.3 Å². The first-order chi connectivity index (χ1) is 12.7. The molecule has 1 aliphatic rings. The average Bonchev–Trinajstić information content (AvgIpc) is 3.39. The summed E-state index contributed by atoms with van der Waals surface area (Å²) in [6.07, 6.45) is 5.80. The van der Waals surface area contributed by atoms with E-state index in [0.29, 0.717) is 0 Å². The average molecular weight is 344 g/mol. The predicted molar refractivity (Wildman–Crippen MR) is 98.1 cm³/mol. The van der Waals surface area contributed by atoms with E-state index in [1.54, 1.807) is 6.20 Å². The van der Waals surface area contributed by atoms with Gasteiger partial charge in [-0.3, -0.25) is 14.5 Å². The maximum atomic E-state index is 11.8. The zero-order valence-corrected chi connectivity index (χ0v) is 13.8.